The highest BCUT2D eigenvalue weighted by Crippen LogP contribution is 2.29. The minimum absolute atomic E-state index is 0.179. The molecule has 0 saturated heterocycles. The normalized spacial score (nSPS) is 12.7. The number of hydrogen-bond acceptors (Lipinski definition) is 5. The third kappa shape index (κ3) is 3.01. The fourth-order valence-corrected chi connectivity index (χ4v) is 2.99. The van der Waals surface area contributed by atoms with Crippen LogP contribution in [0.1, 0.15) is 31.1 Å². The summed E-state index contributed by atoms with van der Waals surface area (Å²) in [7, 11) is 1.54. The summed E-state index contributed by atoms with van der Waals surface area (Å²) in [6.45, 7) is 0. The van der Waals surface area contributed by atoms with Crippen LogP contribution in [0, 0.1) is 0 Å². The standard InChI is InChI=1S/C22H15NO5/c1-27-16-8-10-17(11-9-16)28-22(26)14-7-12-18-19(13-14)21(25)23(20(18)24)15-5-3-2-4-6-15/h2-13H,1H3. The number of rotatable bonds is 4. The predicted molar refractivity (Wildman–Crippen MR) is 102 cm³/mol. The number of anilines is 1. The van der Waals surface area contributed by atoms with E-state index in [1.807, 2.05) is 0 Å². The smallest absolute Gasteiger partial charge is 0.343 e. The van der Waals surface area contributed by atoms with Crippen LogP contribution in [0.2, 0.25) is 0 Å². The molecule has 0 radical (unpaired) electrons. The van der Waals surface area contributed by atoms with E-state index in [9.17, 15) is 14.4 Å². The van der Waals surface area contributed by atoms with Crippen LogP contribution >= 0.6 is 0 Å². The molecule has 0 atom stereocenters. The predicted octanol–water partition coefficient (Wildman–Crippen LogP) is 3.72. The first kappa shape index (κ1) is 17.5. The summed E-state index contributed by atoms with van der Waals surface area (Å²) in [6, 6.07) is 19.6. The highest BCUT2D eigenvalue weighted by molar-refractivity contribution is 6.34. The Hall–Kier alpha value is -3.93. The minimum Gasteiger partial charge on any atom is -0.497 e. The summed E-state index contributed by atoms with van der Waals surface area (Å²) in [5.41, 5.74) is 1.11. The molecule has 0 fully saturated rings. The van der Waals surface area contributed by atoms with E-state index in [1.165, 1.54) is 18.2 Å². The quantitative estimate of drug-likeness (QED) is 0.396. The molecule has 0 unspecified atom stereocenters. The van der Waals surface area contributed by atoms with Gasteiger partial charge in [0.05, 0.1) is 29.5 Å². The first-order chi connectivity index (χ1) is 13.6. The van der Waals surface area contributed by atoms with Crippen molar-refractivity contribution in [1.29, 1.82) is 0 Å². The molecule has 28 heavy (non-hydrogen) atoms. The van der Waals surface area contributed by atoms with Gasteiger partial charge in [-0.25, -0.2) is 9.69 Å². The van der Waals surface area contributed by atoms with Crippen molar-refractivity contribution in [2.45, 2.75) is 0 Å². The Morgan fingerprint density at radius 2 is 1.43 bits per heavy atom. The number of benzene rings is 3. The van der Waals surface area contributed by atoms with Gasteiger partial charge in [0, 0.05) is 0 Å². The molecular weight excluding hydrogens is 358 g/mol. The molecule has 0 N–H and O–H groups in total. The second-order valence-corrected chi connectivity index (χ2v) is 6.11. The van der Waals surface area contributed by atoms with E-state index in [0.29, 0.717) is 17.2 Å². The number of amides is 2. The van der Waals surface area contributed by atoms with Crippen molar-refractivity contribution >= 4 is 23.5 Å². The van der Waals surface area contributed by atoms with Crippen LogP contribution in [0.15, 0.2) is 72.8 Å². The van der Waals surface area contributed by atoms with Crippen LogP contribution in [-0.4, -0.2) is 24.9 Å². The van der Waals surface area contributed by atoms with Gasteiger partial charge in [-0.2, -0.15) is 0 Å². The molecule has 2 amide bonds. The first-order valence-corrected chi connectivity index (χ1v) is 8.52. The van der Waals surface area contributed by atoms with Crippen molar-refractivity contribution in [1.82, 2.24) is 0 Å². The van der Waals surface area contributed by atoms with Crippen molar-refractivity contribution in [3.63, 3.8) is 0 Å². The molecule has 3 aromatic rings. The molecule has 0 bridgehead atoms. The van der Waals surface area contributed by atoms with E-state index in [4.69, 9.17) is 9.47 Å². The van der Waals surface area contributed by atoms with E-state index in [0.717, 1.165) is 4.90 Å². The van der Waals surface area contributed by atoms with E-state index in [1.54, 1.807) is 61.7 Å². The highest BCUT2D eigenvalue weighted by atomic mass is 16.5. The van der Waals surface area contributed by atoms with Gasteiger partial charge in [-0.15, -0.1) is 0 Å². The Kier molecular flexibility index (Phi) is 4.37. The molecule has 3 aromatic carbocycles. The van der Waals surface area contributed by atoms with Crippen molar-refractivity contribution in [3.05, 3.63) is 89.5 Å². The summed E-state index contributed by atoms with van der Waals surface area (Å²) in [5, 5.41) is 0. The summed E-state index contributed by atoms with van der Waals surface area (Å²) in [4.78, 5) is 38.9. The van der Waals surface area contributed by atoms with Gasteiger partial charge in [-0.1, -0.05) is 18.2 Å². The number of methoxy groups -OCH3 is 1. The van der Waals surface area contributed by atoms with Gasteiger partial charge in [0.2, 0.25) is 0 Å². The van der Waals surface area contributed by atoms with Crippen LogP contribution in [0.3, 0.4) is 0 Å². The maximum absolute atomic E-state index is 12.8. The van der Waals surface area contributed by atoms with Gasteiger partial charge in [0.15, 0.2) is 0 Å². The van der Waals surface area contributed by atoms with E-state index in [2.05, 4.69) is 0 Å². The maximum Gasteiger partial charge on any atom is 0.343 e. The monoisotopic (exact) mass is 373 g/mol. The number of para-hydroxylation sites is 1. The first-order valence-electron chi connectivity index (χ1n) is 8.52. The van der Waals surface area contributed by atoms with Crippen molar-refractivity contribution in [2.24, 2.45) is 0 Å². The molecule has 4 rings (SSSR count). The Balaban J connectivity index is 1.60. The number of hydrogen-bond donors (Lipinski definition) is 0. The molecule has 0 spiro atoms. The molecule has 138 valence electrons. The summed E-state index contributed by atoms with van der Waals surface area (Å²) in [5.74, 6) is -0.514. The summed E-state index contributed by atoms with van der Waals surface area (Å²) in [6.07, 6.45) is 0. The number of fused-ring (bicyclic) bond motifs is 1. The van der Waals surface area contributed by atoms with E-state index >= 15 is 0 Å². The Morgan fingerprint density at radius 1 is 0.786 bits per heavy atom. The molecule has 1 aliphatic heterocycles. The van der Waals surface area contributed by atoms with Gasteiger partial charge >= 0.3 is 5.97 Å². The largest absolute Gasteiger partial charge is 0.497 e. The Bertz CT molecular complexity index is 1070. The maximum atomic E-state index is 12.8. The number of nitrogens with zero attached hydrogens (tertiary/aromatic N) is 1. The third-order valence-corrected chi connectivity index (χ3v) is 4.41. The van der Waals surface area contributed by atoms with Crippen molar-refractivity contribution in [2.75, 3.05) is 12.0 Å². The molecule has 1 heterocycles. The van der Waals surface area contributed by atoms with Crippen LogP contribution in [0.25, 0.3) is 0 Å². The van der Waals surface area contributed by atoms with Crippen molar-refractivity contribution in [3.8, 4) is 11.5 Å². The zero-order chi connectivity index (χ0) is 19.7. The molecule has 6 heteroatoms. The highest BCUT2D eigenvalue weighted by Gasteiger charge is 2.37. The number of carbonyl (C=O) groups is 3. The van der Waals surface area contributed by atoms with Gasteiger partial charge < -0.3 is 9.47 Å². The minimum atomic E-state index is -0.619. The Labute approximate surface area is 160 Å². The second-order valence-electron chi connectivity index (χ2n) is 6.11. The van der Waals surface area contributed by atoms with Gasteiger partial charge in [0.25, 0.3) is 11.8 Å². The third-order valence-electron chi connectivity index (χ3n) is 4.41. The average molecular weight is 373 g/mol. The van der Waals surface area contributed by atoms with Crippen LogP contribution < -0.4 is 14.4 Å². The number of carbonyl (C=O) groups excluding carboxylic acids is 3. The van der Waals surface area contributed by atoms with Gasteiger partial charge in [0.1, 0.15) is 11.5 Å². The zero-order valence-corrected chi connectivity index (χ0v) is 14.9. The molecule has 1 aliphatic rings. The van der Waals surface area contributed by atoms with Gasteiger partial charge in [-0.3, -0.25) is 9.59 Å². The Morgan fingerprint density at radius 3 is 2.11 bits per heavy atom. The fraction of sp³-hybridized carbons (Fsp3) is 0.0455. The molecule has 0 aliphatic carbocycles. The summed E-state index contributed by atoms with van der Waals surface area (Å²) >= 11 is 0. The number of esters is 1. The lowest BCUT2D eigenvalue weighted by atomic mass is 10.1. The van der Waals surface area contributed by atoms with Crippen LogP contribution in [0.5, 0.6) is 11.5 Å². The lowest BCUT2D eigenvalue weighted by molar-refractivity contribution is 0.0734. The van der Waals surface area contributed by atoms with E-state index < -0.39 is 17.8 Å². The molecular formula is C22H15NO5. The summed E-state index contributed by atoms with van der Waals surface area (Å²) < 4.78 is 10.4. The lowest BCUT2D eigenvalue weighted by Gasteiger charge is -2.13. The number of ether oxygens (including phenoxy) is 2. The fourth-order valence-electron chi connectivity index (χ4n) is 2.99. The molecule has 0 saturated carbocycles. The number of imide groups is 1. The average Bonchev–Trinajstić information content (AvgIpc) is 2.99. The second kappa shape index (κ2) is 7.00. The topological polar surface area (TPSA) is 72.9 Å². The lowest BCUT2D eigenvalue weighted by Crippen LogP contribution is -2.29. The van der Waals surface area contributed by atoms with Crippen LogP contribution in [-0.2, 0) is 0 Å². The zero-order valence-electron chi connectivity index (χ0n) is 14.9. The van der Waals surface area contributed by atoms with Gasteiger partial charge in [-0.05, 0) is 54.6 Å². The molecule has 0 aromatic heterocycles. The molecule has 6 nitrogen and oxygen atoms in total. The van der Waals surface area contributed by atoms with Crippen molar-refractivity contribution < 1.29 is 23.9 Å². The van der Waals surface area contributed by atoms with Crippen LogP contribution in [0.4, 0.5) is 5.69 Å². The SMILES string of the molecule is COc1ccc(OC(=O)c2ccc3c(c2)C(=O)N(c2ccccc2)C3=O)cc1. The van der Waals surface area contributed by atoms with E-state index in [-0.39, 0.29) is 16.7 Å².